The van der Waals surface area contributed by atoms with E-state index in [2.05, 4.69) is 4.98 Å². The largest absolute Gasteiger partial charge is 0.373 e. The number of fused-ring (bicyclic) bond motifs is 1. The van der Waals surface area contributed by atoms with E-state index in [0.29, 0.717) is 4.96 Å². The molecule has 0 aliphatic carbocycles. The zero-order valence-corrected chi connectivity index (χ0v) is 12.2. The maximum absolute atomic E-state index is 13.7. The van der Waals surface area contributed by atoms with Crippen LogP contribution in [0.4, 0.5) is 20.4 Å². The Morgan fingerprint density at radius 1 is 1.45 bits per heavy atom. The number of rotatable bonds is 4. The molecule has 0 fully saturated rings. The minimum atomic E-state index is -0.699. The van der Waals surface area contributed by atoms with Gasteiger partial charge < -0.3 is 15.0 Å². The third kappa shape index (κ3) is 2.39. The molecule has 0 bridgehead atoms. The van der Waals surface area contributed by atoms with Crippen LogP contribution >= 0.6 is 11.3 Å². The third-order valence-corrected chi connectivity index (χ3v) is 3.93. The van der Waals surface area contributed by atoms with E-state index in [4.69, 9.17) is 0 Å². The van der Waals surface area contributed by atoms with Crippen molar-refractivity contribution in [1.82, 2.24) is 9.38 Å². The van der Waals surface area contributed by atoms with Gasteiger partial charge in [0.15, 0.2) is 0 Å². The van der Waals surface area contributed by atoms with Crippen LogP contribution in [0.5, 0.6) is 0 Å². The molecule has 22 heavy (non-hydrogen) atoms. The Labute approximate surface area is 127 Å². The zero-order chi connectivity index (χ0) is 15.9. The first-order valence-electron chi connectivity index (χ1n) is 6.22. The Morgan fingerprint density at radius 3 is 2.91 bits per heavy atom. The average Bonchev–Trinajstić information content (AvgIpc) is 3.01. The fourth-order valence-electron chi connectivity index (χ4n) is 2.17. The number of aromatic nitrogens is 2. The Bertz CT molecular complexity index is 861. The summed E-state index contributed by atoms with van der Waals surface area (Å²) in [4.78, 5) is 16.9. The molecule has 0 N–H and O–H groups in total. The van der Waals surface area contributed by atoms with E-state index in [1.54, 1.807) is 18.6 Å². The second-order valence-corrected chi connectivity index (χ2v) is 5.54. The molecule has 0 amide bonds. The minimum Gasteiger partial charge on any atom is -0.358 e. The van der Waals surface area contributed by atoms with Crippen LogP contribution in [-0.4, -0.2) is 21.4 Å². The highest BCUT2D eigenvalue weighted by Gasteiger charge is 2.26. The molecule has 3 rings (SSSR count). The number of nitrogens with zero attached hydrogens (tertiary/aromatic N) is 4. The lowest BCUT2D eigenvalue weighted by molar-refractivity contribution is -0.389. The molecule has 114 valence electrons. The molecule has 0 aliphatic heterocycles. The van der Waals surface area contributed by atoms with Crippen LogP contribution in [0.3, 0.4) is 0 Å². The van der Waals surface area contributed by atoms with Gasteiger partial charge in [0.25, 0.3) is 4.96 Å². The van der Waals surface area contributed by atoms with E-state index in [1.165, 1.54) is 26.7 Å². The summed E-state index contributed by atoms with van der Waals surface area (Å²) < 4.78 is 28.0. The van der Waals surface area contributed by atoms with Crippen molar-refractivity contribution in [2.45, 2.75) is 6.54 Å². The number of thiazole rings is 1. The van der Waals surface area contributed by atoms with Gasteiger partial charge in [-0.1, -0.05) is 17.4 Å². The number of imidazole rings is 1. The maximum atomic E-state index is 13.7. The van der Waals surface area contributed by atoms with Crippen molar-refractivity contribution in [3.63, 3.8) is 0 Å². The summed E-state index contributed by atoms with van der Waals surface area (Å²) in [6.45, 7) is 0.0395. The first kappa shape index (κ1) is 14.4. The maximum Gasteiger partial charge on any atom is 0.373 e. The monoisotopic (exact) mass is 324 g/mol. The number of hydrogen-bond donors (Lipinski definition) is 0. The molecular formula is C13H10F2N4O2S. The van der Waals surface area contributed by atoms with Gasteiger partial charge >= 0.3 is 5.82 Å². The summed E-state index contributed by atoms with van der Waals surface area (Å²) in [7, 11) is 1.57. The predicted molar refractivity (Wildman–Crippen MR) is 78.2 cm³/mol. The molecule has 6 nitrogen and oxygen atoms in total. The first-order chi connectivity index (χ1) is 10.5. The van der Waals surface area contributed by atoms with Gasteiger partial charge in [-0.3, -0.25) is 0 Å². The normalized spacial score (nSPS) is 11.0. The highest BCUT2D eigenvalue weighted by atomic mass is 32.1. The fourth-order valence-corrected chi connectivity index (χ4v) is 2.87. The van der Waals surface area contributed by atoms with Gasteiger partial charge in [-0.05, 0) is 11.0 Å². The van der Waals surface area contributed by atoms with Gasteiger partial charge in [-0.25, -0.2) is 8.78 Å². The van der Waals surface area contributed by atoms with Crippen LogP contribution in [-0.2, 0) is 6.54 Å². The van der Waals surface area contributed by atoms with E-state index in [0.717, 1.165) is 12.1 Å². The summed E-state index contributed by atoms with van der Waals surface area (Å²) in [5.74, 6) is -1.41. The predicted octanol–water partition coefficient (Wildman–Crippen LogP) is 3.22. The van der Waals surface area contributed by atoms with Crippen LogP contribution in [0, 0.1) is 21.7 Å². The molecule has 2 aromatic heterocycles. The zero-order valence-electron chi connectivity index (χ0n) is 11.4. The van der Waals surface area contributed by atoms with Crippen LogP contribution in [0.25, 0.3) is 4.96 Å². The Morgan fingerprint density at radius 2 is 2.23 bits per heavy atom. The van der Waals surface area contributed by atoms with Gasteiger partial charge in [0.1, 0.15) is 17.8 Å². The average molecular weight is 324 g/mol. The van der Waals surface area contributed by atoms with Crippen LogP contribution in [0.15, 0.2) is 29.8 Å². The van der Waals surface area contributed by atoms with Gasteiger partial charge in [-0.2, -0.15) is 9.38 Å². The Balaban J connectivity index is 1.98. The summed E-state index contributed by atoms with van der Waals surface area (Å²) in [6, 6.07) is 3.24. The van der Waals surface area contributed by atoms with E-state index >= 15 is 0 Å². The Kier molecular flexibility index (Phi) is 3.49. The van der Waals surface area contributed by atoms with Gasteiger partial charge in [0.2, 0.25) is 5.82 Å². The lowest BCUT2D eigenvalue weighted by atomic mass is 10.2. The molecule has 1 aromatic carbocycles. The third-order valence-electron chi connectivity index (χ3n) is 3.18. The molecule has 3 aromatic rings. The first-order valence-corrected chi connectivity index (χ1v) is 7.10. The summed E-state index contributed by atoms with van der Waals surface area (Å²) in [5, 5.41) is 13.0. The van der Waals surface area contributed by atoms with Crippen LogP contribution in [0.2, 0.25) is 0 Å². The fraction of sp³-hybridized carbons (Fsp3) is 0.154. The Hall–Kier alpha value is -2.55. The van der Waals surface area contributed by atoms with Crippen molar-refractivity contribution >= 4 is 27.9 Å². The second-order valence-electron chi connectivity index (χ2n) is 4.66. The smallest absolute Gasteiger partial charge is 0.358 e. The van der Waals surface area contributed by atoms with Crippen LogP contribution in [0.1, 0.15) is 5.56 Å². The number of hydrogen-bond acceptors (Lipinski definition) is 5. The van der Waals surface area contributed by atoms with Crippen molar-refractivity contribution < 1.29 is 13.7 Å². The molecule has 0 saturated carbocycles. The summed E-state index contributed by atoms with van der Waals surface area (Å²) in [5.41, 5.74) is 0.231. The second kappa shape index (κ2) is 5.34. The van der Waals surface area contributed by atoms with Gasteiger partial charge in [0, 0.05) is 30.6 Å². The quantitative estimate of drug-likeness (QED) is 0.546. The lowest BCUT2D eigenvalue weighted by Crippen LogP contribution is -2.19. The SMILES string of the molecule is CN(Cc1ccc(F)cc1F)c1nc2sccn2c1[N+](=O)[O-]. The molecule has 9 heteroatoms. The minimum absolute atomic E-state index is 0.0395. The van der Waals surface area contributed by atoms with Crippen molar-refractivity contribution in [3.8, 4) is 0 Å². The highest BCUT2D eigenvalue weighted by Crippen LogP contribution is 2.31. The van der Waals surface area contributed by atoms with Crippen molar-refractivity contribution in [2.75, 3.05) is 11.9 Å². The van der Waals surface area contributed by atoms with E-state index in [9.17, 15) is 18.9 Å². The van der Waals surface area contributed by atoms with Gasteiger partial charge in [-0.15, -0.1) is 0 Å². The van der Waals surface area contributed by atoms with Crippen molar-refractivity contribution in [3.05, 3.63) is 57.1 Å². The molecule has 2 heterocycles. The number of benzene rings is 1. The molecule has 0 aliphatic rings. The molecule has 0 unspecified atom stereocenters. The van der Waals surface area contributed by atoms with Gasteiger partial charge in [0.05, 0.1) is 0 Å². The highest BCUT2D eigenvalue weighted by molar-refractivity contribution is 7.15. The number of anilines is 1. The lowest BCUT2D eigenvalue weighted by Gasteiger charge is -2.16. The van der Waals surface area contributed by atoms with E-state index in [-0.39, 0.29) is 23.7 Å². The van der Waals surface area contributed by atoms with Crippen molar-refractivity contribution in [1.29, 1.82) is 0 Å². The standard InChI is InChI=1S/C13H10F2N4O2S/c1-17(7-8-2-3-9(14)6-10(8)15)11-12(19(20)21)18-4-5-22-13(18)16-11/h2-6H,7H2,1H3. The van der Waals surface area contributed by atoms with E-state index in [1.807, 2.05) is 0 Å². The molecule has 0 radical (unpaired) electrons. The number of nitro groups is 1. The summed E-state index contributed by atoms with van der Waals surface area (Å²) in [6.07, 6.45) is 1.56. The topological polar surface area (TPSA) is 63.7 Å². The molecule has 0 atom stereocenters. The van der Waals surface area contributed by atoms with Crippen molar-refractivity contribution in [2.24, 2.45) is 0 Å². The van der Waals surface area contributed by atoms with Crippen LogP contribution < -0.4 is 4.90 Å². The summed E-state index contributed by atoms with van der Waals surface area (Å²) >= 11 is 1.27. The number of halogens is 2. The molecule has 0 spiro atoms. The molecular weight excluding hydrogens is 314 g/mol. The van der Waals surface area contributed by atoms with E-state index < -0.39 is 16.6 Å². The molecule has 0 saturated heterocycles.